The molecule has 16 nitrogen and oxygen atoms in total. The Morgan fingerprint density at radius 3 is 1.60 bits per heavy atom. The van der Waals surface area contributed by atoms with Gasteiger partial charge in [0.15, 0.2) is 0 Å². The van der Waals surface area contributed by atoms with Gasteiger partial charge in [-0.2, -0.15) is 0 Å². The number of benzene rings is 4. The van der Waals surface area contributed by atoms with Gasteiger partial charge in [-0.15, -0.1) is 10.2 Å². The maximum atomic E-state index is 13.8. The monoisotopic (exact) mass is 917 g/mol. The molecule has 1 atom stereocenters. The van der Waals surface area contributed by atoms with Gasteiger partial charge in [0.25, 0.3) is 0 Å². The van der Waals surface area contributed by atoms with Gasteiger partial charge in [0, 0.05) is 99.8 Å². The molecule has 8 aromatic rings. The van der Waals surface area contributed by atoms with E-state index in [-0.39, 0.29) is 6.54 Å². The highest BCUT2D eigenvalue weighted by Gasteiger charge is 2.25. The van der Waals surface area contributed by atoms with Crippen LogP contribution in [0.25, 0.3) is 33.5 Å². The number of hydrogen-bond acceptors (Lipinski definition) is 13. The molecule has 17 heteroatoms. The van der Waals surface area contributed by atoms with E-state index in [1.165, 1.54) is 15.7 Å². The molecule has 2 aliphatic heterocycles. The van der Waals surface area contributed by atoms with Gasteiger partial charge < -0.3 is 35.3 Å². The fraction of sp³-hybridized carbons (Fsp3) is 0.280. The maximum absolute atomic E-state index is 13.8. The fourth-order valence-corrected chi connectivity index (χ4v) is 9.96. The molecule has 0 radical (unpaired) electrons. The largest absolute Gasteiger partial charge is 0.387 e. The number of piperazine rings is 2. The number of nitrogens with one attached hydrogen (secondary N) is 2. The van der Waals surface area contributed by atoms with E-state index in [0.29, 0.717) is 17.5 Å². The fourth-order valence-electron chi connectivity index (χ4n) is 8.77. The van der Waals surface area contributed by atoms with Crippen molar-refractivity contribution in [3.63, 3.8) is 0 Å². The van der Waals surface area contributed by atoms with Crippen molar-refractivity contribution in [3.05, 3.63) is 145 Å². The molecule has 344 valence electrons. The third kappa shape index (κ3) is 9.82. The second kappa shape index (κ2) is 18.8. The Morgan fingerprint density at radius 1 is 0.612 bits per heavy atom. The SMILES string of the molecule is CN1CCN(c2ccc(Nc3ncc4ccc(-c5cccc(CN(C)S(=O)(=O)CC(O)c6cccc(-c7ccc8cnc(Nc9ccc(N%10CCN(C)CC%10)cc9)nn78)c6)c5)n4n3)cc2)CC1. The number of rotatable bonds is 14. The Hall–Kier alpha value is -6.89. The van der Waals surface area contributed by atoms with Gasteiger partial charge in [-0.1, -0.05) is 36.4 Å². The van der Waals surface area contributed by atoms with Crippen LogP contribution in [0.3, 0.4) is 0 Å². The molecule has 67 heavy (non-hydrogen) atoms. The molecule has 6 heterocycles. The van der Waals surface area contributed by atoms with Crippen LogP contribution >= 0.6 is 0 Å². The van der Waals surface area contributed by atoms with E-state index in [0.717, 1.165) is 103 Å². The number of aliphatic hydroxyl groups is 1. The zero-order chi connectivity index (χ0) is 46.1. The molecule has 4 aromatic carbocycles. The molecule has 0 bridgehead atoms. The molecule has 2 fully saturated rings. The number of nitrogens with zero attached hydrogens (tertiary/aromatic N) is 11. The molecule has 0 aliphatic carbocycles. The molecule has 4 aromatic heterocycles. The van der Waals surface area contributed by atoms with Crippen LogP contribution in [0.4, 0.5) is 34.6 Å². The number of fused-ring (bicyclic) bond motifs is 2. The molecule has 10 rings (SSSR count). The van der Waals surface area contributed by atoms with Gasteiger partial charge >= 0.3 is 0 Å². The molecule has 2 aliphatic rings. The van der Waals surface area contributed by atoms with Crippen LogP contribution < -0.4 is 20.4 Å². The summed E-state index contributed by atoms with van der Waals surface area (Å²) in [4.78, 5) is 18.6. The molecular formula is C50H55N13O3S. The Balaban J connectivity index is 0.786. The van der Waals surface area contributed by atoms with Crippen molar-refractivity contribution in [3.8, 4) is 22.5 Å². The number of sulfonamides is 1. The van der Waals surface area contributed by atoms with Crippen LogP contribution in [0.2, 0.25) is 0 Å². The average molecular weight is 918 g/mol. The Kier molecular flexibility index (Phi) is 12.3. The first-order chi connectivity index (χ1) is 32.5. The van der Waals surface area contributed by atoms with E-state index >= 15 is 0 Å². The summed E-state index contributed by atoms with van der Waals surface area (Å²) in [7, 11) is 1.95. The van der Waals surface area contributed by atoms with E-state index in [1.807, 2.05) is 95.5 Å². The van der Waals surface area contributed by atoms with Crippen LogP contribution in [0, 0.1) is 0 Å². The van der Waals surface area contributed by atoms with Crippen molar-refractivity contribution < 1.29 is 13.5 Å². The van der Waals surface area contributed by atoms with Crippen molar-refractivity contribution in [2.24, 2.45) is 0 Å². The van der Waals surface area contributed by atoms with Gasteiger partial charge in [0.05, 0.1) is 46.7 Å². The Bertz CT molecular complexity index is 3110. The highest BCUT2D eigenvalue weighted by molar-refractivity contribution is 7.89. The number of aliphatic hydroxyl groups excluding tert-OH is 1. The summed E-state index contributed by atoms with van der Waals surface area (Å²) in [6.07, 6.45) is 2.27. The molecule has 0 amide bonds. The van der Waals surface area contributed by atoms with E-state index in [2.05, 4.69) is 78.6 Å². The normalized spacial score (nSPS) is 15.7. The van der Waals surface area contributed by atoms with E-state index in [1.54, 1.807) is 30.0 Å². The lowest BCUT2D eigenvalue weighted by molar-refractivity contribution is 0.199. The van der Waals surface area contributed by atoms with Gasteiger partial charge in [-0.05, 0) is 110 Å². The van der Waals surface area contributed by atoms with Crippen LogP contribution in [0.5, 0.6) is 0 Å². The predicted octanol–water partition coefficient (Wildman–Crippen LogP) is 6.59. The quantitative estimate of drug-likeness (QED) is 0.108. The van der Waals surface area contributed by atoms with Crippen molar-refractivity contribution >= 4 is 55.7 Å². The first kappa shape index (κ1) is 44.0. The summed E-state index contributed by atoms with van der Waals surface area (Å²) in [5, 5.41) is 27.7. The minimum absolute atomic E-state index is 0.116. The number of aromatic nitrogens is 6. The first-order valence-electron chi connectivity index (χ1n) is 22.6. The predicted molar refractivity (Wildman–Crippen MR) is 266 cm³/mol. The number of hydrogen-bond donors (Lipinski definition) is 3. The molecule has 2 saturated heterocycles. The zero-order valence-electron chi connectivity index (χ0n) is 37.9. The van der Waals surface area contributed by atoms with Crippen LogP contribution in [-0.2, 0) is 16.6 Å². The van der Waals surface area contributed by atoms with E-state index < -0.39 is 21.9 Å². The van der Waals surface area contributed by atoms with E-state index in [4.69, 9.17) is 10.2 Å². The third-order valence-electron chi connectivity index (χ3n) is 12.8. The Morgan fingerprint density at radius 2 is 1.09 bits per heavy atom. The second-order valence-electron chi connectivity index (χ2n) is 17.6. The van der Waals surface area contributed by atoms with E-state index in [9.17, 15) is 13.5 Å². The molecule has 1 unspecified atom stereocenters. The van der Waals surface area contributed by atoms with Crippen molar-refractivity contribution in [1.29, 1.82) is 0 Å². The average Bonchev–Trinajstić information content (AvgIpc) is 3.97. The summed E-state index contributed by atoms with van der Waals surface area (Å²) in [5.41, 5.74) is 10.3. The zero-order valence-corrected chi connectivity index (χ0v) is 38.8. The first-order valence-corrected chi connectivity index (χ1v) is 24.2. The standard InChI is InChI=1S/C50H55N13O3S/c1-57-22-26-60(27-23-57)42-14-10-40(11-15-42)53-49-51-32-44-18-20-46(62(44)55-49)37-7-4-6-36(30-37)34-59(3)67(65,66)35-48(64)39-9-5-8-38(31-39)47-21-19-45-33-52-50(56-63(45)47)54-41-12-16-43(17-13-41)61-28-24-58(2)25-29-61/h4-21,30-33,48,64H,22-29,34-35H2,1-3H3,(H,53,55)(H,54,56). The van der Waals surface area contributed by atoms with Crippen molar-refractivity contribution in [1.82, 2.24) is 43.3 Å². The summed E-state index contributed by atoms with van der Waals surface area (Å²) < 4.78 is 32.5. The highest BCUT2D eigenvalue weighted by Crippen LogP contribution is 2.29. The van der Waals surface area contributed by atoms with Gasteiger partial charge in [-0.3, -0.25) is 0 Å². The lowest BCUT2D eigenvalue weighted by Gasteiger charge is -2.34. The molecular weight excluding hydrogens is 863 g/mol. The highest BCUT2D eigenvalue weighted by atomic mass is 32.2. The minimum Gasteiger partial charge on any atom is -0.387 e. The van der Waals surface area contributed by atoms with Crippen molar-refractivity contribution in [2.75, 3.05) is 99.7 Å². The summed E-state index contributed by atoms with van der Waals surface area (Å²) in [5.74, 6) is 0.407. The maximum Gasteiger partial charge on any atom is 0.245 e. The summed E-state index contributed by atoms with van der Waals surface area (Å²) in [6.45, 7) is 8.31. The molecule has 0 spiro atoms. The third-order valence-corrected chi connectivity index (χ3v) is 14.6. The second-order valence-corrected chi connectivity index (χ2v) is 19.7. The topological polar surface area (TPSA) is 155 Å². The van der Waals surface area contributed by atoms with Crippen LogP contribution in [0.15, 0.2) is 134 Å². The van der Waals surface area contributed by atoms with Gasteiger partial charge in [0.1, 0.15) is 0 Å². The smallest absolute Gasteiger partial charge is 0.245 e. The summed E-state index contributed by atoms with van der Waals surface area (Å²) >= 11 is 0. The minimum atomic E-state index is -3.90. The summed E-state index contributed by atoms with van der Waals surface area (Å²) in [6, 6.07) is 39.5. The number of likely N-dealkylation sites (N-methyl/N-ethyl adjacent to an activating group) is 2. The molecule has 3 N–H and O–H groups in total. The van der Waals surface area contributed by atoms with Crippen LogP contribution in [-0.4, -0.2) is 136 Å². The van der Waals surface area contributed by atoms with Gasteiger partial charge in [-0.25, -0.2) is 31.7 Å². The lowest BCUT2D eigenvalue weighted by Crippen LogP contribution is -2.44. The van der Waals surface area contributed by atoms with Gasteiger partial charge in [0.2, 0.25) is 21.9 Å². The lowest BCUT2D eigenvalue weighted by atomic mass is 10.1. The van der Waals surface area contributed by atoms with Crippen molar-refractivity contribution in [2.45, 2.75) is 12.6 Å². The molecule has 0 saturated carbocycles. The number of anilines is 6. The Labute approximate surface area is 390 Å². The van der Waals surface area contributed by atoms with Crippen LogP contribution in [0.1, 0.15) is 17.2 Å².